The van der Waals surface area contributed by atoms with Gasteiger partial charge in [-0.1, -0.05) is 59.0 Å². The Balaban J connectivity index is 1.39. The standard InChI is InChI=1S/C30H24ClN3O6S2/c1-2-38-21-5-3-4-18(14-21)25-24(26(35)19-8-11-22-23(15-19)40-13-12-39-22)27(36)28(37)34(25)29-32-33-30(42-29)41-16-17-6-9-20(31)10-7-17/h3-11,14-15,25,35H,2,12-13,16H2,1H3. The lowest BCUT2D eigenvalue weighted by Crippen LogP contribution is -2.29. The highest BCUT2D eigenvalue weighted by molar-refractivity contribution is 8.00. The van der Waals surface area contributed by atoms with Gasteiger partial charge in [-0.3, -0.25) is 14.5 Å². The molecule has 42 heavy (non-hydrogen) atoms. The molecule has 0 radical (unpaired) electrons. The van der Waals surface area contributed by atoms with E-state index in [1.54, 1.807) is 42.5 Å². The molecule has 0 saturated carbocycles. The smallest absolute Gasteiger partial charge is 0.301 e. The number of benzene rings is 3. The van der Waals surface area contributed by atoms with Crippen molar-refractivity contribution in [3.05, 3.63) is 94.0 Å². The second-order valence-corrected chi connectivity index (χ2v) is 11.9. The number of fused-ring (bicyclic) bond motifs is 1. The number of carbonyl (C=O) groups excluding carboxylic acids is 2. The van der Waals surface area contributed by atoms with E-state index in [2.05, 4.69) is 10.2 Å². The van der Waals surface area contributed by atoms with Gasteiger partial charge in [0.25, 0.3) is 5.78 Å². The summed E-state index contributed by atoms with van der Waals surface area (Å²) < 4.78 is 17.6. The summed E-state index contributed by atoms with van der Waals surface area (Å²) in [6, 6.07) is 18.5. The minimum Gasteiger partial charge on any atom is -0.507 e. The van der Waals surface area contributed by atoms with E-state index in [1.165, 1.54) is 28.0 Å². The molecule has 1 aromatic heterocycles. The fraction of sp³-hybridized carbons (Fsp3) is 0.200. The van der Waals surface area contributed by atoms with E-state index < -0.39 is 17.7 Å². The van der Waals surface area contributed by atoms with Crippen molar-refractivity contribution in [3.63, 3.8) is 0 Å². The van der Waals surface area contributed by atoms with Gasteiger partial charge in [0.2, 0.25) is 5.13 Å². The number of hydrogen-bond donors (Lipinski definition) is 1. The minimum absolute atomic E-state index is 0.0732. The van der Waals surface area contributed by atoms with Crippen LogP contribution in [0.5, 0.6) is 17.2 Å². The molecule has 9 nitrogen and oxygen atoms in total. The number of ether oxygens (including phenoxy) is 3. The molecule has 0 bridgehead atoms. The number of ketones is 1. The van der Waals surface area contributed by atoms with Crippen LogP contribution in [0.15, 0.2) is 76.6 Å². The number of halogens is 1. The first-order valence-electron chi connectivity index (χ1n) is 13.1. The van der Waals surface area contributed by atoms with Crippen molar-refractivity contribution in [1.82, 2.24) is 10.2 Å². The van der Waals surface area contributed by atoms with Gasteiger partial charge in [-0.05, 0) is 60.5 Å². The Labute approximate surface area is 254 Å². The van der Waals surface area contributed by atoms with E-state index in [4.69, 9.17) is 25.8 Å². The second-order valence-electron chi connectivity index (χ2n) is 9.30. The zero-order valence-electron chi connectivity index (χ0n) is 22.3. The maximum absolute atomic E-state index is 13.6. The highest BCUT2D eigenvalue weighted by atomic mass is 35.5. The highest BCUT2D eigenvalue weighted by Crippen LogP contribution is 2.45. The van der Waals surface area contributed by atoms with Crippen LogP contribution < -0.4 is 19.1 Å². The van der Waals surface area contributed by atoms with Gasteiger partial charge in [0, 0.05) is 16.3 Å². The molecular weight excluding hydrogens is 598 g/mol. The summed E-state index contributed by atoms with van der Waals surface area (Å²) in [4.78, 5) is 28.4. The molecule has 214 valence electrons. The summed E-state index contributed by atoms with van der Waals surface area (Å²) >= 11 is 8.64. The van der Waals surface area contributed by atoms with Gasteiger partial charge >= 0.3 is 5.91 Å². The van der Waals surface area contributed by atoms with E-state index in [-0.39, 0.29) is 16.5 Å². The number of amides is 1. The maximum atomic E-state index is 13.6. The average molecular weight is 622 g/mol. The predicted molar refractivity (Wildman–Crippen MR) is 161 cm³/mol. The van der Waals surface area contributed by atoms with Crippen LogP contribution >= 0.6 is 34.7 Å². The summed E-state index contributed by atoms with van der Waals surface area (Å²) in [6.45, 7) is 3.08. The summed E-state index contributed by atoms with van der Waals surface area (Å²) in [5.74, 6) is 0.190. The first-order chi connectivity index (χ1) is 20.4. The number of aliphatic hydroxyl groups excluding tert-OH is 1. The number of thioether (sulfide) groups is 1. The Hall–Kier alpha value is -4.06. The maximum Gasteiger partial charge on any atom is 0.301 e. The van der Waals surface area contributed by atoms with Crippen LogP contribution in [-0.4, -0.2) is 46.8 Å². The molecule has 4 aromatic rings. The van der Waals surface area contributed by atoms with Gasteiger partial charge in [0.1, 0.15) is 24.7 Å². The van der Waals surface area contributed by atoms with Crippen molar-refractivity contribution >= 4 is 57.3 Å². The number of aliphatic hydroxyl groups is 1. The molecule has 1 amide bonds. The molecule has 2 aliphatic heterocycles. The lowest BCUT2D eigenvalue weighted by atomic mass is 9.95. The van der Waals surface area contributed by atoms with Crippen molar-refractivity contribution in [2.75, 3.05) is 24.7 Å². The normalized spacial score (nSPS) is 17.5. The summed E-state index contributed by atoms with van der Waals surface area (Å²) in [7, 11) is 0. The van der Waals surface area contributed by atoms with Crippen LogP contribution in [0.2, 0.25) is 5.02 Å². The van der Waals surface area contributed by atoms with Crippen molar-refractivity contribution in [3.8, 4) is 17.2 Å². The van der Waals surface area contributed by atoms with Gasteiger partial charge in [-0.25, -0.2) is 0 Å². The van der Waals surface area contributed by atoms with Crippen molar-refractivity contribution in [2.24, 2.45) is 0 Å². The molecule has 1 atom stereocenters. The molecule has 3 aromatic carbocycles. The van der Waals surface area contributed by atoms with Crippen molar-refractivity contribution in [1.29, 1.82) is 0 Å². The number of carbonyl (C=O) groups is 2. The van der Waals surface area contributed by atoms with E-state index >= 15 is 0 Å². The topological polar surface area (TPSA) is 111 Å². The molecule has 12 heteroatoms. The van der Waals surface area contributed by atoms with Gasteiger partial charge in [0.05, 0.1) is 18.2 Å². The summed E-state index contributed by atoms with van der Waals surface area (Å²) in [5.41, 5.74) is 1.87. The number of nitrogens with zero attached hydrogens (tertiary/aromatic N) is 3. The number of hydrogen-bond acceptors (Lipinski definition) is 10. The Morgan fingerprint density at radius 2 is 1.86 bits per heavy atom. The quantitative estimate of drug-likeness (QED) is 0.0799. The third-order valence-corrected chi connectivity index (χ3v) is 9.00. The first kappa shape index (κ1) is 28.1. The lowest BCUT2D eigenvalue weighted by Gasteiger charge is -2.23. The van der Waals surface area contributed by atoms with Crippen molar-refractivity contribution in [2.45, 2.75) is 23.1 Å². The Bertz CT molecular complexity index is 1690. The number of rotatable bonds is 8. The van der Waals surface area contributed by atoms with Gasteiger partial charge in [-0.2, -0.15) is 0 Å². The molecule has 6 rings (SSSR count). The van der Waals surface area contributed by atoms with Gasteiger partial charge < -0.3 is 19.3 Å². The fourth-order valence-corrected chi connectivity index (χ4v) is 6.67. The summed E-state index contributed by atoms with van der Waals surface area (Å²) in [6.07, 6.45) is 0. The Morgan fingerprint density at radius 3 is 2.64 bits per heavy atom. The van der Waals surface area contributed by atoms with Crippen LogP contribution in [0.4, 0.5) is 5.13 Å². The van der Waals surface area contributed by atoms with Gasteiger partial charge in [-0.15, -0.1) is 10.2 Å². The molecule has 2 aliphatic rings. The molecule has 1 saturated heterocycles. The monoisotopic (exact) mass is 621 g/mol. The first-order valence-corrected chi connectivity index (χ1v) is 15.3. The van der Waals surface area contributed by atoms with E-state index in [9.17, 15) is 14.7 Å². The van der Waals surface area contributed by atoms with Crippen LogP contribution in [0.25, 0.3) is 5.76 Å². The SMILES string of the molecule is CCOc1cccc(C2C(=C(O)c3ccc4c(c3)OCCO4)C(=O)C(=O)N2c2nnc(SCc3ccc(Cl)cc3)s2)c1. The van der Waals surface area contributed by atoms with E-state index in [0.717, 1.165) is 5.56 Å². The predicted octanol–water partition coefficient (Wildman–Crippen LogP) is 6.28. The molecule has 0 aliphatic carbocycles. The molecular formula is C30H24ClN3O6S2. The molecule has 1 fully saturated rings. The fourth-order valence-electron chi connectivity index (χ4n) is 4.72. The average Bonchev–Trinajstić information content (AvgIpc) is 3.58. The van der Waals surface area contributed by atoms with Crippen LogP contribution in [0.3, 0.4) is 0 Å². The molecule has 0 spiro atoms. The van der Waals surface area contributed by atoms with Crippen molar-refractivity contribution < 1.29 is 28.9 Å². The Morgan fingerprint density at radius 1 is 1.07 bits per heavy atom. The zero-order chi connectivity index (χ0) is 29.2. The van der Waals surface area contributed by atoms with Crippen LogP contribution in [0.1, 0.15) is 29.7 Å². The zero-order valence-corrected chi connectivity index (χ0v) is 24.7. The highest BCUT2D eigenvalue weighted by Gasteiger charge is 2.48. The molecule has 1 N–H and O–H groups in total. The van der Waals surface area contributed by atoms with Gasteiger partial charge in [0.15, 0.2) is 15.8 Å². The lowest BCUT2D eigenvalue weighted by molar-refractivity contribution is -0.132. The summed E-state index contributed by atoms with van der Waals surface area (Å²) in [5, 5.41) is 21.0. The Kier molecular flexibility index (Phi) is 8.05. The molecule has 1 unspecified atom stereocenters. The van der Waals surface area contributed by atoms with Crippen LogP contribution in [0, 0.1) is 0 Å². The number of aromatic nitrogens is 2. The second kappa shape index (κ2) is 12.0. The third-order valence-electron chi connectivity index (χ3n) is 6.62. The number of Topliss-reactive ketones (excluding diaryl/α,β-unsaturated/α-hetero) is 1. The molecule has 3 heterocycles. The minimum atomic E-state index is -0.972. The van der Waals surface area contributed by atoms with Crippen LogP contribution in [-0.2, 0) is 15.3 Å². The largest absolute Gasteiger partial charge is 0.507 e. The van der Waals surface area contributed by atoms with E-state index in [0.29, 0.717) is 63.3 Å². The number of anilines is 1. The third kappa shape index (κ3) is 5.55. The van der Waals surface area contributed by atoms with E-state index in [1.807, 2.05) is 31.2 Å².